The Balaban J connectivity index is 2.17. The fourth-order valence-electron chi connectivity index (χ4n) is 2.45. The Labute approximate surface area is 124 Å². The van der Waals surface area contributed by atoms with E-state index in [9.17, 15) is 13.2 Å². The van der Waals surface area contributed by atoms with Crippen molar-refractivity contribution in [1.29, 1.82) is 0 Å². The zero-order valence-corrected chi connectivity index (χ0v) is 11.8. The molecule has 0 unspecified atom stereocenters. The largest absolute Gasteiger partial charge is 0.493 e. The van der Waals surface area contributed by atoms with Crippen molar-refractivity contribution in [1.82, 2.24) is 4.98 Å². The normalized spacial score (nSPS) is 14.4. The number of benzene rings is 1. The van der Waals surface area contributed by atoms with Gasteiger partial charge in [0.2, 0.25) is 0 Å². The van der Waals surface area contributed by atoms with Crippen molar-refractivity contribution >= 4 is 12.2 Å². The van der Waals surface area contributed by atoms with Crippen LogP contribution in [0.2, 0.25) is 0 Å². The second-order valence-electron chi connectivity index (χ2n) is 4.89. The number of alkyl halides is 3. The third kappa shape index (κ3) is 2.81. The molecule has 2 heterocycles. The number of aromatic nitrogens is 1. The molecule has 0 saturated heterocycles. The second kappa shape index (κ2) is 5.18. The van der Waals surface area contributed by atoms with Gasteiger partial charge in [-0.15, -0.1) is 0 Å². The maximum absolute atomic E-state index is 12.9. The molecular formula is C15H12F3NOS. The number of halogens is 3. The summed E-state index contributed by atoms with van der Waals surface area (Å²) in [6, 6.07) is 7.49. The van der Waals surface area contributed by atoms with Crippen LogP contribution in [0.15, 0.2) is 30.3 Å². The minimum atomic E-state index is -4.42. The lowest BCUT2D eigenvalue weighted by atomic mass is 9.99. The summed E-state index contributed by atoms with van der Waals surface area (Å²) < 4.78 is 44.4. The van der Waals surface area contributed by atoms with Crippen molar-refractivity contribution in [3.63, 3.8) is 0 Å². The van der Waals surface area contributed by atoms with Crippen molar-refractivity contribution in [3.8, 4) is 17.0 Å². The van der Waals surface area contributed by atoms with Crippen LogP contribution in [-0.4, -0.2) is 11.6 Å². The van der Waals surface area contributed by atoms with Crippen LogP contribution in [0.25, 0.3) is 11.3 Å². The van der Waals surface area contributed by atoms with Crippen molar-refractivity contribution < 1.29 is 17.9 Å². The highest BCUT2D eigenvalue weighted by Crippen LogP contribution is 2.37. The molecule has 0 atom stereocenters. The van der Waals surface area contributed by atoms with Crippen molar-refractivity contribution in [2.24, 2.45) is 0 Å². The number of para-hydroxylation sites is 1. The SMILES string of the molecule is FC(F)(F)c1cc(-c2cccc3c2OCCC3)[nH]c(=S)c1. The number of fused-ring (bicyclic) bond motifs is 1. The Morgan fingerprint density at radius 3 is 2.76 bits per heavy atom. The van der Waals surface area contributed by atoms with E-state index in [0.29, 0.717) is 23.6 Å². The van der Waals surface area contributed by atoms with E-state index in [1.807, 2.05) is 12.1 Å². The average molecular weight is 311 g/mol. The molecule has 2 aromatic rings. The van der Waals surface area contributed by atoms with E-state index in [4.69, 9.17) is 17.0 Å². The van der Waals surface area contributed by atoms with E-state index in [-0.39, 0.29) is 4.64 Å². The topological polar surface area (TPSA) is 25.0 Å². The van der Waals surface area contributed by atoms with E-state index in [1.165, 1.54) is 0 Å². The van der Waals surface area contributed by atoms with Gasteiger partial charge in [0.25, 0.3) is 0 Å². The van der Waals surface area contributed by atoms with Crippen LogP contribution < -0.4 is 4.74 Å². The summed E-state index contributed by atoms with van der Waals surface area (Å²) in [6.07, 6.45) is -2.65. The first-order valence-corrected chi connectivity index (χ1v) is 6.92. The molecule has 21 heavy (non-hydrogen) atoms. The fraction of sp³-hybridized carbons (Fsp3) is 0.267. The van der Waals surface area contributed by atoms with Crippen LogP contribution in [0, 0.1) is 4.64 Å². The van der Waals surface area contributed by atoms with Crippen molar-refractivity contribution in [2.75, 3.05) is 6.61 Å². The van der Waals surface area contributed by atoms with E-state index in [2.05, 4.69) is 4.98 Å². The molecular weight excluding hydrogens is 299 g/mol. The summed E-state index contributed by atoms with van der Waals surface area (Å²) in [6.45, 7) is 0.573. The second-order valence-corrected chi connectivity index (χ2v) is 5.33. The van der Waals surface area contributed by atoms with Crippen LogP contribution in [0.3, 0.4) is 0 Å². The summed E-state index contributed by atoms with van der Waals surface area (Å²) in [7, 11) is 0. The summed E-state index contributed by atoms with van der Waals surface area (Å²) in [4.78, 5) is 2.82. The zero-order valence-electron chi connectivity index (χ0n) is 11.0. The molecule has 0 spiro atoms. The predicted molar refractivity (Wildman–Crippen MR) is 75.9 cm³/mol. The van der Waals surface area contributed by atoms with Crippen LogP contribution >= 0.6 is 12.2 Å². The number of aryl methyl sites for hydroxylation is 1. The van der Waals surface area contributed by atoms with Gasteiger partial charge < -0.3 is 9.72 Å². The monoisotopic (exact) mass is 311 g/mol. The molecule has 6 heteroatoms. The number of pyridine rings is 1. The average Bonchev–Trinajstić information content (AvgIpc) is 2.45. The smallest absolute Gasteiger partial charge is 0.416 e. The number of nitrogens with one attached hydrogen (secondary N) is 1. The van der Waals surface area contributed by atoms with Crippen molar-refractivity contribution in [3.05, 3.63) is 46.1 Å². The third-order valence-corrected chi connectivity index (χ3v) is 3.62. The Kier molecular flexibility index (Phi) is 3.49. The Bertz CT molecular complexity index is 736. The molecule has 0 amide bonds. The van der Waals surface area contributed by atoms with Gasteiger partial charge in [0.1, 0.15) is 10.4 Å². The lowest BCUT2D eigenvalue weighted by Crippen LogP contribution is -2.10. The van der Waals surface area contributed by atoms with Crippen molar-refractivity contribution in [2.45, 2.75) is 19.0 Å². The van der Waals surface area contributed by atoms with Gasteiger partial charge in [-0.25, -0.2) is 0 Å². The maximum Gasteiger partial charge on any atom is 0.416 e. The summed E-state index contributed by atoms with van der Waals surface area (Å²) in [5, 5.41) is 0. The lowest BCUT2D eigenvalue weighted by molar-refractivity contribution is -0.137. The summed E-state index contributed by atoms with van der Waals surface area (Å²) in [5.41, 5.74) is 1.20. The number of hydrogen-bond acceptors (Lipinski definition) is 2. The van der Waals surface area contributed by atoms with Gasteiger partial charge in [-0.05, 0) is 36.6 Å². The highest BCUT2D eigenvalue weighted by molar-refractivity contribution is 7.71. The molecule has 0 fully saturated rings. The Morgan fingerprint density at radius 1 is 1.19 bits per heavy atom. The highest BCUT2D eigenvalue weighted by Gasteiger charge is 2.31. The molecule has 0 radical (unpaired) electrons. The number of rotatable bonds is 1. The van der Waals surface area contributed by atoms with E-state index in [0.717, 1.165) is 30.5 Å². The van der Waals surface area contributed by atoms with E-state index >= 15 is 0 Å². The molecule has 0 aliphatic carbocycles. The van der Waals surface area contributed by atoms with E-state index in [1.54, 1.807) is 6.07 Å². The van der Waals surface area contributed by atoms with Gasteiger partial charge in [0.05, 0.1) is 17.9 Å². The van der Waals surface area contributed by atoms with Crippen LogP contribution in [-0.2, 0) is 12.6 Å². The molecule has 1 aromatic heterocycles. The van der Waals surface area contributed by atoms with Crippen LogP contribution in [0.4, 0.5) is 13.2 Å². The van der Waals surface area contributed by atoms with Crippen LogP contribution in [0.1, 0.15) is 17.5 Å². The summed E-state index contributed by atoms with van der Waals surface area (Å²) >= 11 is 4.91. The Morgan fingerprint density at radius 2 is 2.00 bits per heavy atom. The van der Waals surface area contributed by atoms with Gasteiger partial charge in [0.15, 0.2) is 0 Å². The predicted octanol–water partition coefficient (Wildman–Crippen LogP) is 4.75. The lowest BCUT2D eigenvalue weighted by Gasteiger charge is -2.20. The quantitative estimate of drug-likeness (QED) is 0.768. The Hall–Kier alpha value is -1.82. The first-order chi connectivity index (χ1) is 9.95. The third-order valence-electron chi connectivity index (χ3n) is 3.40. The molecule has 1 aliphatic rings. The van der Waals surface area contributed by atoms with Gasteiger partial charge in [-0.3, -0.25) is 0 Å². The molecule has 0 saturated carbocycles. The van der Waals surface area contributed by atoms with E-state index < -0.39 is 11.7 Å². The molecule has 0 bridgehead atoms. The number of aromatic amines is 1. The van der Waals surface area contributed by atoms with Gasteiger partial charge in [-0.2, -0.15) is 13.2 Å². The summed E-state index contributed by atoms with van der Waals surface area (Å²) in [5.74, 6) is 0.647. The van der Waals surface area contributed by atoms with Crippen LogP contribution in [0.5, 0.6) is 5.75 Å². The maximum atomic E-state index is 12.9. The standard InChI is InChI=1S/C15H12F3NOS/c16-15(17,18)10-7-12(19-13(21)8-10)11-5-1-3-9-4-2-6-20-14(9)11/h1,3,5,7-8H,2,4,6H2,(H,19,21). The molecule has 2 nitrogen and oxygen atoms in total. The van der Waals surface area contributed by atoms with Gasteiger partial charge in [-0.1, -0.05) is 24.4 Å². The zero-order chi connectivity index (χ0) is 15.0. The number of H-pyrrole nitrogens is 1. The molecule has 1 aliphatic heterocycles. The number of ether oxygens (including phenoxy) is 1. The minimum Gasteiger partial charge on any atom is -0.493 e. The highest BCUT2D eigenvalue weighted by atomic mass is 32.1. The first-order valence-electron chi connectivity index (χ1n) is 6.52. The first kappa shape index (κ1) is 14.1. The fourth-order valence-corrected chi connectivity index (χ4v) is 2.69. The molecule has 110 valence electrons. The molecule has 1 aromatic carbocycles. The van der Waals surface area contributed by atoms with Gasteiger partial charge in [0, 0.05) is 5.56 Å². The molecule has 1 N–H and O–H groups in total. The number of hydrogen-bond donors (Lipinski definition) is 1. The van der Waals surface area contributed by atoms with Gasteiger partial charge >= 0.3 is 6.18 Å². The molecule has 3 rings (SSSR count). The minimum absolute atomic E-state index is 0.0493.